The van der Waals surface area contributed by atoms with E-state index in [4.69, 9.17) is 10.8 Å². The average molecular weight is 160 g/mol. The first-order valence-corrected chi connectivity index (χ1v) is 4.38. The molecule has 0 fully saturated rings. The van der Waals surface area contributed by atoms with E-state index < -0.39 is 0 Å². The number of nitrogens with zero attached hydrogens (tertiary/aromatic N) is 1. The van der Waals surface area contributed by atoms with E-state index in [1.165, 1.54) is 0 Å². The normalized spacial score (nSPS) is 10.9. The van der Waals surface area contributed by atoms with Crippen LogP contribution in [0.2, 0.25) is 0 Å². The molecule has 0 aliphatic heterocycles. The fourth-order valence-electron chi connectivity index (χ4n) is 1.04. The second-order valence-electron chi connectivity index (χ2n) is 2.65. The maximum Gasteiger partial charge on any atom is 0.0443 e. The van der Waals surface area contributed by atoms with Crippen molar-refractivity contribution < 1.29 is 5.11 Å². The van der Waals surface area contributed by atoms with Crippen LogP contribution in [0.3, 0.4) is 0 Å². The lowest BCUT2D eigenvalue weighted by atomic mass is 10.3. The molecule has 0 bridgehead atoms. The predicted molar refractivity (Wildman–Crippen MR) is 47.5 cm³/mol. The van der Waals surface area contributed by atoms with Crippen LogP contribution in [-0.2, 0) is 0 Å². The molecule has 0 aromatic rings. The van der Waals surface area contributed by atoms with Crippen LogP contribution in [-0.4, -0.2) is 42.8 Å². The Morgan fingerprint density at radius 2 is 1.91 bits per heavy atom. The molecule has 68 valence electrons. The molecule has 3 nitrogen and oxygen atoms in total. The van der Waals surface area contributed by atoms with Crippen molar-refractivity contribution in [1.82, 2.24) is 4.90 Å². The van der Waals surface area contributed by atoms with Gasteiger partial charge in [0, 0.05) is 13.2 Å². The van der Waals surface area contributed by atoms with Gasteiger partial charge in [0.2, 0.25) is 0 Å². The van der Waals surface area contributed by atoms with Crippen molar-refractivity contribution in [3.63, 3.8) is 0 Å². The molecule has 3 N–H and O–H groups in total. The SMILES string of the molecule is CCN(CCCN)CCCO. The van der Waals surface area contributed by atoms with Crippen molar-refractivity contribution in [2.24, 2.45) is 5.73 Å². The number of aliphatic hydroxyl groups is 1. The van der Waals surface area contributed by atoms with Crippen LogP contribution in [0.15, 0.2) is 0 Å². The summed E-state index contributed by atoms with van der Waals surface area (Å²) in [4.78, 5) is 2.31. The summed E-state index contributed by atoms with van der Waals surface area (Å²) in [6.07, 6.45) is 1.93. The zero-order chi connectivity index (χ0) is 8.53. The highest BCUT2D eigenvalue weighted by Crippen LogP contribution is 1.91. The monoisotopic (exact) mass is 160 g/mol. The van der Waals surface area contributed by atoms with Crippen LogP contribution in [0.4, 0.5) is 0 Å². The van der Waals surface area contributed by atoms with Crippen molar-refractivity contribution in [3.8, 4) is 0 Å². The largest absolute Gasteiger partial charge is 0.396 e. The summed E-state index contributed by atoms with van der Waals surface area (Å²) < 4.78 is 0. The van der Waals surface area contributed by atoms with E-state index in [0.717, 1.165) is 39.0 Å². The Hall–Kier alpha value is -0.120. The first-order chi connectivity index (χ1) is 5.35. The number of hydrogen-bond acceptors (Lipinski definition) is 3. The molecule has 0 amide bonds. The summed E-state index contributed by atoms with van der Waals surface area (Å²) in [5, 5.41) is 8.58. The van der Waals surface area contributed by atoms with Crippen LogP contribution >= 0.6 is 0 Å². The maximum atomic E-state index is 8.58. The average Bonchev–Trinajstić information content (AvgIpc) is 2.05. The van der Waals surface area contributed by atoms with E-state index in [0.29, 0.717) is 6.61 Å². The predicted octanol–water partition coefficient (Wildman–Crippen LogP) is 0.0395. The molecule has 3 heteroatoms. The summed E-state index contributed by atoms with van der Waals surface area (Å²) >= 11 is 0. The van der Waals surface area contributed by atoms with E-state index in [9.17, 15) is 0 Å². The number of aliphatic hydroxyl groups excluding tert-OH is 1. The standard InChI is InChI=1S/C8H20N2O/c1-2-10(6-3-5-9)7-4-8-11/h11H,2-9H2,1H3. The third-order valence-electron chi connectivity index (χ3n) is 1.76. The topological polar surface area (TPSA) is 49.5 Å². The minimum atomic E-state index is 0.291. The minimum absolute atomic E-state index is 0.291. The number of rotatable bonds is 7. The van der Waals surface area contributed by atoms with E-state index in [1.54, 1.807) is 0 Å². The summed E-state index contributed by atoms with van der Waals surface area (Å²) in [6.45, 7) is 6.29. The zero-order valence-electron chi connectivity index (χ0n) is 7.42. The van der Waals surface area contributed by atoms with Crippen LogP contribution in [0, 0.1) is 0 Å². The van der Waals surface area contributed by atoms with Crippen LogP contribution < -0.4 is 5.73 Å². The zero-order valence-corrected chi connectivity index (χ0v) is 7.42. The molecule has 0 heterocycles. The van der Waals surface area contributed by atoms with E-state index in [1.807, 2.05) is 0 Å². The highest BCUT2D eigenvalue weighted by molar-refractivity contribution is 4.55. The maximum absolute atomic E-state index is 8.58. The van der Waals surface area contributed by atoms with Gasteiger partial charge in [0.25, 0.3) is 0 Å². The Labute approximate surface area is 69.2 Å². The first-order valence-electron chi connectivity index (χ1n) is 4.38. The molecule has 0 aliphatic rings. The van der Waals surface area contributed by atoms with Gasteiger partial charge < -0.3 is 15.7 Å². The van der Waals surface area contributed by atoms with Crippen LogP contribution in [0.25, 0.3) is 0 Å². The summed E-state index contributed by atoms with van der Waals surface area (Å²) in [7, 11) is 0. The molecule has 0 aliphatic carbocycles. The second-order valence-corrected chi connectivity index (χ2v) is 2.65. The second kappa shape index (κ2) is 7.98. The Morgan fingerprint density at radius 3 is 2.36 bits per heavy atom. The summed E-state index contributed by atoms with van der Waals surface area (Å²) in [5.74, 6) is 0. The lowest BCUT2D eigenvalue weighted by Gasteiger charge is -2.18. The Morgan fingerprint density at radius 1 is 1.27 bits per heavy atom. The van der Waals surface area contributed by atoms with Gasteiger partial charge in [0.1, 0.15) is 0 Å². The molecule has 0 saturated carbocycles. The lowest BCUT2D eigenvalue weighted by Crippen LogP contribution is -2.27. The van der Waals surface area contributed by atoms with Gasteiger partial charge in [0.05, 0.1) is 0 Å². The highest BCUT2D eigenvalue weighted by atomic mass is 16.3. The smallest absolute Gasteiger partial charge is 0.0443 e. The molecule has 0 rings (SSSR count). The van der Waals surface area contributed by atoms with Gasteiger partial charge in [-0.25, -0.2) is 0 Å². The Balaban J connectivity index is 3.25. The van der Waals surface area contributed by atoms with Crippen molar-refractivity contribution in [3.05, 3.63) is 0 Å². The fraction of sp³-hybridized carbons (Fsp3) is 1.00. The molecule has 0 aromatic carbocycles. The Kier molecular flexibility index (Phi) is 7.89. The van der Waals surface area contributed by atoms with Gasteiger partial charge in [-0.2, -0.15) is 0 Å². The van der Waals surface area contributed by atoms with Crippen LogP contribution in [0.1, 0.15) is 19.8 Å². The van der Waals surface area contributed by atoms with Gasteiger partial charge in [0.15, 0.2) is 0 Å². The van der Waals surface area contributed by atoms with Gasteiger partial charge in [-0.1, -0.05) is 6.92 Å². The molecule has 0 atom stereocenters. The third-order valence-corrected chi connectivity index (χ3v) is 1.76. The first kappa shape index (κ1) is 10.9. The molecular weight excluding hydrogens is 140 g/mol. The molecular formula is C8H20N2O. The highest BCUT2D eigenvalue weighted by Gasteiger charge is 1.99. The molecule has 11 heavy (non-hydrogen) atoms. The van der Waals surface area contributed by atoms with Crippen molar-refractivity contribution >= 4 is 0 Å². The molecule has 0 radical (unpaired) electrons. The summed E-state index contributed by atoms with van der Waals surface area (Å²) in [6, 6.07) is 0. The van der Waals surface area contributed by atoms with Gasteiger partial charge in [-0.15, -0.1) is 0 Å². The molecule has 0 saturated heterocycles. The van der Waals surface area contributed by atoms with Gasteiger partial charge in [-0.05, 0) is 32.5 Å². The quantitative estimate of drug-likeness (QED) is 0.553. The van der Waals surface area contributed by atoms with Gasteiger partial charge >= 0.3 is 0 Å². The summed E-state index contributed by atoms with van der Waals surface area (Å²) in [5.41, 5.74) is 5.38. The van der Waals surface area contributed by atoms with E-state index >= 15 is 0 Å². The molecule has 0 aromatic heterocycles. The van der Waals surface area contributed by atoms with Crippen molar-refractivity contribution in [2.45, 2.75) is 19.8 Å². The van der Waals surface area contributed by atoms with E-state index in [-0.39, 0.29) is 0 Å². The van der Waals surface area contributed by atoms with E-state index in [2.05, 4.69) is 11.8 Å². The minimum Gasteiger partial charge on any atom is -0.396 e. The number of nitrogens with two attached hydrogens (primary N) is 1. The van der Waals surface area contributed by atoms with Crippen molar-refractivity contribution in [2.75, 3.05) is 32.8 Å². The fourth-order valence-corrected chi connectivity index (χ4v) is 1.04. The van der Waals surface area contributed by atoms with Gasteiger partial charge in [-0.3, -0.25) is 0 Å². The molecule has 0 unspecified atom stereocenters. The van der Waals surface area contributed by atoms with Crippen molar-refractivity contribution in [1.29, 1.82) is 0 Å². The third kappa shape index (κ3) is 6.28. The molecule has 0 spiro atoms. The number of hydrogen-bond donors (Lipinski definition) is 2. The Bertz CT molecular complexity index is 70.5. The lowest BCUT2D eigenvalue weighted by molar-refractivity contribution is 0.229. The van der Waals surface area contributed by atoms with Crippen LogP contribution in [0.5, 0.6) is 0 Å².